The van der Waals surface area contributed by atoms with E-state index in [9.17, 15) is 13.2 Å². The van der Waals surface area contributed by atoms with Gasteiger partial charge in [-0.2, -0.15) is 0 Å². The molecule has 0 aliphatic carbocycles. The van der Waals surface area contributed by atoms with Crippen molar-refractivity contribution in [2.24, 2.45) is 0 Å². The van der Waals surface area contributed by atoms with Crippen molar-refractivity contribution in [2.75, 3.05) is 17.7 Å². The van der Waals surface area contributed by atoms with Crippen molar-refractivity contribution >= 4 is 33.0 Å². The van der Waals surface area contributed by atoms with Gasteiger partial charge < -0.3 is 4.90 Å². The van der Waals surface area contributed by atoms with Crippen molar-refractivity contribution in [3.8, 4) is 0 Å². The van der Waals surface area contributed by atoms with Crippen LogP contribution in [-0.4, -0.2) is 37.1 Å². The van der Waals surface area contributed by atoms with Gasteiger partial charge in [-0.05, 0) is 31.5 Å². The maximum Gasteiger partial charge on any atom is 0.278 e. The normalized spacial score (nSPS) is 11.3. The molecule has 0 saturated heterocycles. The van der Waals surface area contributed by atoms with Crippen LogP contribution in [0.25, 0.3) is 0 Å². The topological polar surface area (TPSA) is 80.2 Å². The predicted molar refractivity (Wildman–Crippen MR) is 88.7 cm³/mol. The lowest BCUT2D eigenvalue weighted by Crippen LogP contribution is -2.32. The Bertz CT molecular complexity index is 853. The molecule has 0 atom stereocenters. The number of carbonyl (C=O) groups is 1. The minimum atomic E-state index is -3.63. The fourth-order valence-corrected chi connectivity index (χ4v) is 2.72. The first kappa shape index (κ1) is 17.4. The third kappa shape index (κ3) is 3.86. The molecular weight excluding hydrogens is 338 g/mol. The van der Waals surface area contributed by atoms with Gasteiger partial charge >= 0.3 is 0 Å². The van der Waals surface area contributed by atoms with Crippen LogP contribution < -0.4 is 4.90 Å². The second kappa shape index (κ2) is 6.64. The van der Waals surface area contributed by atoms with Gasteiger partial charge in [0.1, 0.15) is 0 Å². The summed E-state index contributed by atoms with van der Waals surface area (Å²) in [4.78, 5) is 21.7. The smallest absolute Gasteiger partial charge is 0.278 e. The first-order chi connectivity index (χ1) is 10.7. The average molecular weight is 354 g/mol. The van der Waals surface area contributed by atoms with E-state index in [0.29, 0.717) is 12.2 Å². The monoisotopic (exact) mass is 353 g/mol. The van der Waals surface area contributed by atoms with E-state index in [-0.39, 0.29) is 10.7 Å². The molecule has 1 heterocycles. The lowest BCUT2D eigenvalue weighted by Gasteiger charge is -2.21. The van der Waals surface area contributed by atoms with Crippen molar-refractivity contribution in [3.05, 3.63) is 46.7 Å². The molecular formula is C15H16ClN3O3S. The summed E-state index contributed by atoms with van der Waals surface area (Å²) in [6.07, 6.45) is 2.10. The van der Waals surface area contributed by atoms with Crippen molar-refractivity contribution in [3.63, 3.8) is 0 Å². The van der Waals surface area contributed by atoms with Crippen molar-refractivity contribution in [1.82, 2.24) is 9.97 Å². The zero-order valence-electron chi connectivity index (χ0n) is 12.9. The molecule has 0 saturated carbocycles. The van der Waals surface area contributed by atoms with Gasteiger partial charge in [-0.3, -0.25) is 4.79 Å². The number of carbonyl (C=O) groups excluding carboxylic acids is 1. The average Bonchev–Trinajstić information content (AvgIpc) is 2.47. The van der Waals surface area contributed by atoms with Gasteiger partial charge in [-0.15, -0.1) is 0 Å². The number of nitrogens with zero attached hydrogens (tertiary/aromatic N) is 3. The highest BCUT2D eigenvalue weighted by atomic mass is 35.5. The molecule has 0 radical (unpaired) electrons. The molecule has 1 aromatic carbocycles. The third-order valence-electron chi connectivity index (χ3n) is 3.13. The third-order valence-corrected chi connectivity index (χ3v) is 4.27. The highest BCUT2D eigenvalue weighted by Crippen LogP contribution is 2.21. The zero-order valence-corrected chi connectivity index (χ0v) is 14.5. The van der Waals surface area contributed by atoms with Gasteiger partial charge in [-0.1, -0.05) is 23.7 Å². The van der Waals surface area contributed by atoms with E-state index >= 15 is 0 Å². The summed E-state index contributed by atoms with van der Waals surface area (Å²) in [6.45, 7) is 4.12. The van der Waals surface area contributed by atoms with E-state index in [4.69, 9.17) is 11.6 Å². The summed E-state index contributed by atoms with van der Waals surface area (Å²) >= 11 is 5.99. The van der Waals surface area contributed by atoms with E-state index in [1.54, 1.807) is 6.07 Å². The second-order valence-corrected chi connectivity index (χ2v) is 7.33. The lowest BCUT2D eigenvalue weighted by atomic mass is 10.2. The van der Waals surface area contributed by atoms with Crippen LogP contribution in [-0.2, 0) is 9.84 Å². The van der Waals surface area contributed by atoms with Gasteiger partial charge in [0, 0.05) is 18.5 Å². The first-order valence-electron chi connectivity index (χ1n) is 6.85. The summed E-state index contributed by atoms with van der Waals surface area (Å²) in [7, 11) is -3.63. The van der Waals surface area contributed by atoms with Crippen LogP contribution >= 0.6 is 11.6 Å². The lowest BCUT2D eigenvalue weighted by molar-refractivity contribution is 0.0983. The molecule has 1 amide bonds. The Morgan fingerprint density at radius 2 is 2.04 bits per heavy atom. The Morgan fingerprint density at radius 3 is 2.61 bits per heavy atom. The molecule has 2 aromatic rings. The SMILES string of the molecule is CCN(C(=O)c1nc(S(C)(=O)=O)ncc1Cl)c1cccc(C)c1. The first-order valence-corrected chi connectivity index (χ1v) is 9.12. The van der Waals surface area contributed by atoms with Crippen LogP contribution in [0.2, 0.25) is 5.02 Å². The molecule has 0 spiro atoms. The van der Waals surface area contributed by atoms with Crippen LogP contribution in [0, 0.1) is 6.92 Å². The predicted octanol–water partition coefficient (Wildman–Crippen LogP) is 2.51. The minimum absolute atomic E-state index is 0.00787. The number of sulfone groups is 1. The number of aryl methyl sites for hydroxylation is 1. The van der Waals surface area contributed by atoms with Crippen LogP contribution in [0.5, 0.6) is 0 Å². The van der Waals surface area contributed by atoms with Crippen molar-refractivity contribution in [1.29, 1.82) is 0 Å². The molecule has 6 nitrogen and oxygen atoms in total. The van der Waals surface area contributed by atoms with E-state index in [0.717, 1.165) is 18.0 Å². The molecule has 23 heavy (non-hydrogen) atoms. The zero-order chi connectivity index (χ0) is 17.2. The number of hydrogen-bond donors (Lipinski definition) is 0. The Labute approximate surface area is 140 Å². The summed E-state index contributed by atoms with van der Waals surface area (Å²) < 4.78 is 23.2. The molecule has 0 aliphatic rings. The number of halogens is 1. The molecule has 8 heteroatoms. The van der Waals surface area contributed by atoms with Gasteiger partial charge in [0.2, 0.25) is 15.0 Å². The van der Waals surface area contributed by atoms with Crippen LogP contribution in [0.15, 0.2) is 35.6 Å². The Hall–Kier alpha value is -1.99. The van der Waals surface area contributed by atoms with Gasteiger partial charge in [0.25, 0.3) is 5.91 Å². The van der Waals surface area contributed by atoms with Crippen LogP contribution in [0.3, 0.4) is 0 Å². The van der Waals surface area contributed by atoms with E-state index in [2.05, 4.69) is 9.97 Å². The maximum atomic E-state index is 12.7. The van der Waals surface area contributed by atoms with Crippen LogP contribution in [0.1, 0.15) is 23.0 Å². The Kier molecular flexibility index (Phi) is 5.01. The molecule has 0 fully saturated rings. The number of benzene rings is 1. The molecule has 1 aromatic heterocycles. The van der Waals surface area contributed by atoms with E-state index in [1.165, 1.54) is 4.90 Å². The minimum Gasteiger partial charge on any atom is -0.307 e. The highest BCUT2D eigenvalue weighted by Gasteiger charge is 2.23. The number of rotatable bonds is 4. The van der Waals surface area contributed by atoms with Crippen molar-refractivity contribution in [2.45, 2.75) is 19.0 Å². The Morgan fingerprint density at radius 1 is 1.35 bits per heavy atom. The number of aromatic nitrogens is 2. The summed E-state index contributed by atoms with van der Waals surface area (Å²) in [6, 6.07) is 7.40. The molecule has 0 unspecified atom stereocenters. The van der Waals surface area contributed by atoms with E-state index in [1.807, 2.05) is 32.0 Å². The van der Waals surface area contributed by atoms with Gasteiger partial charge in [0.05, 0.1) is 11.2 Å². The largest absolute Gasteiger partial charge is 0.307 e. The summed E-state index contributed by atoms with van der Waals surface area (Å²) in [5, 5.41) is -0.418. The number of amides is 1. The maximum absolute atomic E-state index is 12.7. The Balaban J connectivity index is 2.50. The van der Waals surface area contributed by atoms with Gasteiger partial charge in [0.15, 0.2) is 5.69 Å². The molecule has 122 valence electrons. The van der Waals surface area contributed by atoms with Crippen molar-refractivity contribution < 1.29 is 13.2 Å². The standard InChI is InChI=1S/C15H16ClN3O3S/c1-4-19(11-7-5-6-10(2)8-11)14(20)13-12(16)9-17-15(18-13)23(3,21)22/h5-9H,4H2,1-3H3. The molecule has 0 N–H and O–H groups in total. The molecule has 0 aliphatic heterocycles. The second-order valence-electron chi connectivity index (χ2n) is 5.01. The fourth-order valence-electron chi connectivity index (χ4n) is 2.05. The number of anilines is 1. The number of hydrogen-bond acceptors (Lipinski definition) is 5. The fraction of sp³-hybridized carbons (Fsp3) is 0.267. The quantitative estimate of drug-likeness (QED) is 0.789. The highest BCUT2D eigenvalue weighted by molar-refractivity contribution is 7.90. The summed E-state index contributed by atoms with van der Waals surface area (Å²) in [5.74, 6) is -0.476. The van der Waals surface area contributed by atoms with Crippen LogP contribution in [0.4, 0.5) is 5.69 Å². The van der Waals surface area contributed by atoms with Gasteiger partial charge in [-0.25, -0.2) is 18.4 Å². The van der Waals surface area contributed by atoms with E-state index < -0.39 is 20.9 Å². The molecule has 0 bridgehead atoms. The summed E-state index contributed by atoms with van der Waals surface area (Å²) in [5.41, 5.74) is 1.55. The molecule has 2 rings (SSSR count).